The van der Waals surface area contributed by atoms with Crippen molar-refractivity contribution in [1.29, 1.82) is 0 Å². The highest BCUT2D eigenvalue weighted by atomic mass is 19.1. The molecule has 1 heterocycles. The van der Waals surface area contributed by atoms with Crippen molar-refractivity contribution in [2.24, 2.45) is 5.41 Å². The monoisotopic (exact) mass is 293 g/mol. The highest BCUT2D eigenvalue weighted by Crippen LogP contribution is 2.44. The average Bonchev–Trinajstić information content (AvgIpc) is 2.63. The molecule has 0 spiro atoms. The van der Waals surface area contributed by atoms with E-state index in [0.717, 1.165) is 31.4 Å². The summed E-state index contributed by atoms with van der Waals surface area (Å²) in [5.41, 5.74) is 1.33. The molecule has 2 aliphatic rings. The lowest BCUT2D eigenvalue weighted by Crippen LogP contribution is -2.41. The summed E-state index contributed by atoms with van der Waals surface area (Å²) < 4.78 is 19.0. The van der Waals surface area contributed by atoms with E-state index in [1.54, 1.807) is 0 Å². The SMILES string of the molecule is OCCC1(CNC2CCCOc3cc(F)ccc32)CCC1. The van der Waals surface area contributed by atoms with Gasteiger partial charge in [-0.15, -0.1) is 0 Å². The van der Waals surface area contributed by atoms with Gasteiger partial charge >= 0.3 is 0 Å². The number of halogens is 1. The minimum Gasteiger partial charge on any atom is -0.493 e. The molecule has 0 amide bonds. The van der Waals surface area contributed by atoms with Crippen LogP contribution in [0.5, 0.6) is 5.75 Å². The predicted octanol–water partition coefficient (Wildman–Crippen LogP) is 3.18. The number of nitrogens with one attached hydrogen (secondary N) is 1. The Labute approximate surface area is 125 Å². The smallest absolute Gasteiger partial charge is 0.126 e. The second kappa shape index (κ2) is 6.32. The Morgan fingerprint density at radius 1 is 1.33 bits per heavy atom. The maximum Gasteiger partial charge on any atom is 0.126 e. The lowest BCUT2D eigenvalue weighted by Gasteiger charge is -2.43. The topological polar surface area (TPSA) is 41.5 Å². The Hall–Kier alpha value is -1.13. The molecular weight excluding hydrogens is 269 g/mol. The van der Waals surface area contributed by atoms with Gasteiger partial charge < -0.3 is 15.2 Å². The zero-order valence-electron chi connectivity index (χ0n) is 12.4. The van der Waals surface area contributed by atoms with Gasteiger partial charge in [-0.25, -0.2) is 4.39 Å². The summed E-state index contributed by atoms with van der Waals surface area (Å²) in [5, 5.41) is 12.9. The number of fused-ring (bicyclic) bond motifs is 1. The molecule has 1 aliphatic heterocycles. The molecule has 1 aliphatic carbocycles. The van der Waals surface area contributed by atoms with Gasteiger partial charge in [0.1, 0.15) is 11.6 Å². The summed E-state index contributed by atoms with van der Waals surface area (Å²) in [4.78, 5) is 0. The number of ether oxygens (including phenoxy) is 1. The minimum atomic E-state index is -0.245. The fourth-order valence-corrected chi connectivity index (χ4v) is 3.53. The van der Waals surface area contributed by atoms with Crippen LogP contribution in [0, 0.1) is 11.2 Å². The van der Waals surface area contributed by atoms with Gasteiger partial charge in [-0.05, 0) is 43.6 Å². The Balaban J connectivity index is 1.70. The van der Waals surface area contributed by atoms with Crippen molar-refractivity contribution in [3.63, 3.8) is 0 Å². The van der Waals surface area contributed by atoms with Crippen molar-refractivity contribution in [3.8, 4) is 5.75 Å². The first-order valence-electron chi connectivity index (χ1n) is 7.99. The minimum absolute atomic E-state index is 0.222. The van der Waals surface area contributed by atoms with Crippen LogP contribution in [0.1, 0.15) is 50.1 Å². The van der Waals surface area contributed by atoms with Gasteiger partial charge in [-0.3, -0.25) is 0 Å². The number of hydrogen-bond acceptors (Lipinski definition) is 3. The van der Waals surface area contributed by atoms with Gasteiger partial charge in [0, 0.05) is 30.8 Å². The largest absolute Gasteiger partial charge is 0.493 e. The molecule has 1 aromatic rings. The quantitative estimate of drug-likeness (QED) is 0.876. The maximum atomic E-state index is 13.4. The average molecular weight is 293 g/mol. The van der Waals surface area contributed by atoms with Crippen LogP contribution in [0.4, 0.5) is 4.39 Å². The fraction of sp³-hybridized carbons (Fsp3) is 0.647. The summed E-state index contributed by atoms with van der Waals surface area (Å²) in [6.07, 6.45) is 6.51. The highest BCUT2D eigenvalue weighted by Gasteiger charge is 2.36. The third-order valence-corrected chi connectivity index (χ3v) is 5.03. The molecule has 1 unspecified atom stereocenters. The molecule has 4 heteroatoms. The number of hydrogen-bond donors (Lipinski definition) is 2. The highest BCUT2D eigenvalue weighted by molar-refractivity contribution is 5.37. The van der Waals surface area contributed by atoms with Gasteiger partial charge in [-0.1, -0.05) is 12.5 Å². The van der Waals surface area contributed by atoms with Crippen LogP contribution < -0.4 is 10.1 Å². The second-order valence-corrected chi connectivity index (χ2v) is 6.43. The van der Waals surface area contributed by atoms with Crippen LogP contribution in [0.3, 0.4) is 0 Å². The number of aliphatic hydroxyl groups is 1. The Bertz CT molecular complexity index is 488. The van der Waals surface area contributed by atoms with Gasteiger partial charge in [0.2, 0.25) is 0 Å². The van der Waals surface area contributed by atoms with Crippen LogP contribution >= 0.6 is 0 Å². The van der Waals surface area contributed by atoms with E-state index in [0.29, 0.717) is 12.4 Å². The molecule has 2 N–H and O–H groups in total. The van der Waals surface area contributed by atoms with Crippen molar-refractivity contribution in [3.05, 3.63) is 29.6 Å². The van der Waals surface area contributed by atoms with E-state index in [1.807, 2.05) is 6.07 Å². The normalized spacial score (nSPS) is 23.6. The van der Waals surface area contributed by atoms with E-state index >= 15 is 0 Å². The van der Waals surface area contributed by atoms with Crippen molar-refractivity contribution < 1.29 is 14.2 Å². The van der Waals surface area contributed by atoms with Crippen molar-refractivity contribution in [1.82, 2.24) is 5.32 Å². The molecule has 1 aromatic carbocycles. The number of aliphatic hydroxyl groups excluding tert-OH is 1. The molecule has 3 nitrogen and oxygen atoms in total. The molecule has 1 fully saturated rings. The third kappa shape index (κ3) is 3.22. The molecule has 0 saturated heterocycles. The maximum absolute atomic E-state index is 13.4. The third-order valence-electron chi connectivity index (χ3n) is 5.03. The predicted molar refractivity (Wildman–Crippen MR) is 79.9 cm³/mol. The molecule has 21 heavy (non-hydrogen) atoms. The van der Waals surface area contributed by atoms with Crippen molar-refractivity contribution >= 4 is 0 Å². The van der Waals surface area contributed by atoms with Crippen LogP contribution in [0.15, 0.2) is 18.2 Å². The molecule has 0 bridgehead atoms. The molecule has 0 aromatic heterocycles. The lowest BCUT2D eigenvalue weighted by molar-refractivity contribution is 0.0822. The summed E-state index contributed by atoms with van der Waals surface area (Å²) >= 11 is 0. The summed E-state index contributed by atoms with van der Waals surface area (Å²) in [7, 11) is 0. The Morgan fingerprint density at radius 3 is 2.90 bits per heavy atom. The van der Waals surface area contributed by atoms with E-state index in [-0.39, 0.29) is 23.9 Å². The van der Waals surface area contributed by atoms with Gasteiger partial charge in [-0.2, -0.15) is 0 Å². The van der Waals surface area contributed by atoms with Gasteiger partial charge in [0.25, 0.3) is 0 Å². The van der Waals surface area contributed by atoms with E-state index in [9.17, 15) is 9.50 Å². The van der Waals surface area contributed by atoms with E-state index in [4.69, 9.17) is 4.74 Å². The molecule has 0 radical (unpaired) electrons. The molecular formula is C17H24FNO2. The second-order valence-electron chi connectivity index (χ2n) is 6.43. The standard InChI is InChI=1S/C17H24FNO2/c18-13-4-5-14-15(3-1-10-21-16(14)11-13)19-12-17(8-9-20)6-2-7-17/h4-5,11,15,19-20H,1-3,6-10,12H2. The number of benzene rings is 1. The van der Waals surface area contributed by atoms with Crippen LogP contribution in [0.2, 0.25) is 0 Å². The van der Waals surface area contributed by atoms with Gasteiger partial charge in [0.15, 0.2) is 0 Å². The van der Waals surface area contributed by atoms with Crippen LogP contribution in [0.25, 0.3) is 0 Å². The van der Waals surface area contributed by atoms with E-state index in [2.05, 4.69) is 5.32 Å². The molecule has 3 rings (SSSR count). The summed E-state index contributed by atoms with van der Waals surface area (Å²) in [5.74, 6) is 0.431. The first-order chi connectivity index (χ1) is 10.2. The summed E-state index contributed by atoms with van der Waals surface area (Å²) in [6, 6.07) is 5.06. The fourth-order valence-electron chi connectivity index (χ4n) is 3.53. The lowest BCUT2D eigenvalue weighted by atomic mass is 9.66. The first-order valence-corrected chi connectivity index (χ1v) is 7.99. The number of rotatable bonds is 5. The van der Waals surface area contributed by atoms with Crippen molar-refractivity contribution in [2.75, 3.05) is 19.8 Å². The van der Waals surface area contributed by atoms with E-state index in [1.165, 1.54) is 31.4 Å². The first kappa shape index (κ1) is 14.8. The molecule has 1 atom stereocenters. The van der Waals surface area contributed by atoms with Crippen LogP contribution in [-0.2, 0) is 0 Å². The molecule has 116 valence electrons. The zero-order valence-corrected chi connectivity index (χ0v) is 12.4. The van der Waals surface area contributed by atoms with Crippen LogP contribution in [-0.4, -0.2) is 24.9 Å². The van der Waals surface area contributed by atoms with Crippen molar-refractivity contribution in [2.45, 2.75) is 44.6 Å². The van der Waals surface area contributed by atoms with Gasteiger partial charge in [0.05, 0.1) is 6.61 Å². The van der Waals surface area contributed by atoms with E-state index < -0.39 is 0 Å². The zero-order chi connectivity index (χ0) is 14.7. The molecule has 1 saturated carbocycles. The Morgan fingerprint density at radius 2 is 2.19 bits per heavy atom. The summed E-state index contributed by atoms with van der Waals surface area (Å²) in [6.45, 7) is 1.84. The Kier molecular flexibility index (Phi) is 4.45.